The lowest BCUT2D eigenvalue weighted by Gasteiger charge is -2.33. The first-order valence-corrected chi connectivity index (χ1v) is 11.4. The van der Waals surface area contributed by atoms with Crippen molar-refractivity contribution in [3.63, 3.8) is 0 Å². The summed E-state index contributed by atoms with van der Waals surface area (Å²) in [6, 6.07) is 13.9. The van der Waals surface area contributed by atoms with Crippen LogP contribution in [0.4, 0.5) is 11.4 Å². The molecule has 1 fully saturated rings. The molecule has 1 aliphatic heterocycles. The molecule has 1 heterocycles. The maximum atomic E-state index is 10.5. The highest BCUT2D eigenvalue weighted by atomic mass is 35.5. The van der Waals surface area contributed by atoms with Gasteiger partial charge in [-0.05, 0) is 69.0 Å². The first-order chi connectivity index (χ1) is 15.1. The van der Waals surface area contributed by atoms with E-state index in [0.29, 0.717) is 23.9 Å². The van der Waals surface area contributed by atoms with Crippen LogP contribution in [0.2, 0.25) is 0 Å². The van der Waals surface area contributed by atoms with Crippen LogP contribution >= 0.6 is 37.2 Å². The molecule has 4 N–H and O–H groups in total. The van der Waals surface area contributed by atoms with Crippen LogP contribution in [0.3, 0.4) is 0 Å². The Hall–Kier alpha value is -1.57. The molecule has 1 unspecified atom stereocenters. The summed E-state index contributed by atoms with van der Waals surface area (Å²) in [5, 5.41) is 13.9. The van der Waals surface area contributed by atoms with Gasteiger partial charge in [-0.25, -0.2) is 0 Å². The smallest absolute Gasteiger partial charge is 0.144 e. The zero-order chi connectivity index (χ0) is 22.1. The molecule has 1 saturated heterocycles. The number of anilines is 2. The van der Waals surface area contributed by atoms with Crippen molar-refractivity contribution in [1.29, 1.82) is 0 Å². The third-order valence-corrected chi connectivity index (χ3v) is 5.81. The van der Waals surface area contributed by atoms with Gasteiger partial charge in [-0.1, -0.05) is 31.2 Å². The molecule has 0 bridgehead atoms. The van der Waals surface area contributed by atoms with E-state index in [2.05, 4.69) is 17.1 Å². The number of aryl methyl sites for hydroxylation is 1. The van der Waals surface area contributed by atoms with Crippen molar-refractivity contribution >= 4 is 48.6 Å². The van der Waals surface area contributed by atoms with E-state index < -0.39 is 6.10 Å². The molecule has 1 atom stereocenters. The lowest BCUT2D eigenvalue weighted by molar-refractivity contribution is 0.0505. The second kappa shape index (κ2) is 17.0. The number of aliphatic hydroxyl groups excluding tert-OH is 1. The van der Waals surface area contributed by atoms with E-state index in [0.717, 1.165) is 62.5 Å². The molecule has 3 rings (SSSR count). The van der Waals surface area contributed by atoms with Crippen LogP contribution in [0.1, 0.15) is 31.7 Å². The number of piperidine rings is 1. The van der Waals surface area contributed by atoms with Crippen LogP contribution in [0, 0.1) is 12.8 Å². The summed E-state index contributed by atoms with van der Waals surface area (Å²) in [6.45, 7) is 8.49. The Morgan fingerprint density at radius 1 is 1.06 bits per heavy atom. The summed E-state index contributed by atoms with van der Waals surface area (Å²) in [4.78, 5) is 2.31. The Morgan fingerprint density at radius 3 is 2.38 bits per heavy atom. The van der Waals surface area contributed by atoms with E-state index in [-0.39, 0.29) is 43.8 Å². The lowest BCUT2D eigenvalue weighted by atomic mass is 9.97. The van der Waals surface area contributed by atoms with Gasteiger partial charge in [0, 0.05) is 13.1 Å². The fraction of sp³-hybridized carbons (Fsp3) is 0.520. The summed E-state index contributed by atoms with van der Waals surface area (Å²) in [5.41, 5.74) is 8.79. The fourth-order valence-corrected chi connectivity index (χ4v) is 3.86. The number of nitrogens with one attached hydrogen (secondary N) is 1. The third kappa shape index (κ3) is 9.96. The molecule has 194 valence electrons. The summed E-state index contributed by atoms with van der Waals surface area (Å²) < 4.78 is 11.8. The standard InChI is InChI=1S/C25H37N3O3.3ClH/c1-3-13-27-25-23(10-9-19(2)24(25)26)31-18-21(29)16-28-14-11-20(12-15-28)17-30-22-7-5-4-6-8-22;;;/h4-10,20-21,27,29H,3,11-18,26H2,1-2H3;3*1H. The van der Waals surface area contributed by atoms with Crippen LogP contribution in [-0.4, -0.2) is 55.5 Å². The van der Waals surface area contributed by atoms with Gasteiger partial charge in [0.15, 0.2) is 0 Å². The topological polar surface area (TPSA) is 80.0 Å². The van der Waals surface area contributed by atoms with E-state index >= 15 is 0 Å². The van der Waals surface area contributed by atoms with Crippen molar-refractivity contribution in [1.82, 2.24) is 4.90 Å². The molecule has 0 spiro atoms. The summed E-state index contributed by atoms with van der Waals surface area (Å²) in [6.07, 6.45) is 2.63. The van der Waals surface area contributed by atoms with E-state index in [1.807, 2.05) is 49.4 Å². The lowest BCUT2D eigenvalue weighted by Crippen LogP contribution is -2.41. The highest BCUT2D eigenvalue weighted by molar-refractivity contribution is 5.86. The van der Waals surface area contributed by atoms with Crippen molar-refractivity contribution in [3.05, 3.63) is 48.0 Å². The number of likely N-dealkylation sites (tertiary alicyclic amines) is 1. The number of ether oxygens (including phenoxy) is 2. The second-order valence-corrected chi connectivity index (χ2v) is 8.43. The minimum Gasteiger partial charge on any atom is -0.493 e. The molecule has 0 aromatic heterocycles. The number of rotatable bonds is 11. The van der Waals surface area contributed by atoms with Gasteiger partial charge in [-0.15, -0.1) is 37.2 Å². The minimum absolute atomic E-state index is 0. The summed E-state index contributed by atoms with van der Waals surface area (Å²) in [7, 11) is 0. The number of benzene rings is 2. The molecule has 2 aromatic rings. The van der Waals surface area contributed by atoms with Crippen LogP contribution in [-0.2, 0) is 0 Å². The quantitative estimate of drug-likeness (QED) is 0.343. The Bertz CT molecular complexity index is 807. The SMILES string of the molecule is CCCNc1c(OCC(O)CN2CCC(COc3ccccc3)CC2)ccc(C)c1N.Cl.Cl.Cl. The van der Waals surface area contributed by atoms with E-state index in [4.69, 9.17) is 15.2 Å². The largest absolute Gasteiger partial charge is 0.493 e. The van der Waals surface area contributed by atoms with E-state index in [1.54, 1.807) is 0 Å². The molecule has 2 aromatic carbocycles. The maximum absolute atomic E-state index is 10.5. The predicted octanol–water partition coefficient (Wildman–Crippen LogP) is 5.20. The average molecular weight is 537 g/mol. The number of hydrogen-bond acceptors (Lipinski definition) is 6. The molecule has 0 aliphatic carbocycles. The number of nitrogen functional groups attached to an aromatic ring is 1. The average Bonchev–Trinajstić information content (AvgIpc) is 2.79. The van der Waals surface area contributed by atoms with Crippen LogP contribution in [0.15, 0.2) is 42.5 Å². The first-order valence-electron chi connectivity index (χ1n) is 11.4. The summed E-state index contributed by atoms with van der Waals surface area (Å²) in [5.74, 6) is 2.20. The zero-order valence-electron chi connectivity index (χ0n) is 20.1. The maximum Gasteiger partial charge on any atom is 0.144 e. The Kier molecular flexibility index (Phi) is 16.2. The third-order valence-electron chi connectivity index (χ3n) is 5.81. The molecule has 9 heteroatoms. The molecular formula is C25H40Cl3N3O3. The Labute approximate surface area is 222 Å². The normalized spacial score (nSPS) is 14.7. The molecule has 0 amide bonds. The predicted molar refractivity (Wildman–Crippen MR) is 149 cm³/mol. The van der Waals surface area contributed by atoms with Gasteiger partial charge in [-0.2, -0.15) is 0 Å². The molecule has 0 radical (unpaired) electrons. The highest BCUT2D eigenvalue weighted by Gasteiger charge is 2.22. The molecule has 0 saturated carbocycles. The number of hydrogen-bond donors (Lipinski definition) is 3. The fourth-order valence-electron chi connectivity index (χ4n) is 3.86. The van der Waals surface area contributed by atoms with Crippen LogP contribution in [0.25, 0.3) is 0 Å². The van der Waals surface area contributed by atoms with Gasteiger partial charge >= 0.3 is 0 Å². The van der Waals surface area contributed by atoms with Crippen molar-refractivity contribution in [2.75, 3.05) is 50.4 Å². The molecular weight excluding hydrogens is 497 g/mol. The van der Waals surface area contributed by atoms with Gasteiger partial charge in [-0.3, -0.25) is 0 Å². The number of halogens is 3. The minimum atomic E-state index is -0.543. The van der Waals surface area contributed by atoms with Crippen molar-refractivity contribution in [2.45, 2.75) is 39.2 Å². The summed E-state index contributed by atoms with van der Waals surface area (Å²) >= 11 is 0. The molecule has 34 heavy (non-hydrogen) atoms. The van der Waals surface area contributed by atoms with Crippen LogP contribution < -0.4 is 20.5 Å². The van der Waals surface area contributed by atoms with Crippen molar-refractivity contribution in [3.8, 4) is 11.5 Å². The zero-order valence-corrected chi connectivity index (χ0v) is 22.5. The number of aliphatic hydroxyl groups is 1. The molecule has 1 aliphatic rings. The van der Waals surface area contributed by atoms with E-state index in [1.165, 1.54) is 0 Å². The Balaban J connectivity index is 0.00000363. The second-order valence-electron chi connectivity index (χ2n) is 8.43. The molecule has 6 nitrogen and oxygen atoms in total. The first kappa shape index (κ1) is 32.4. The van der Waals surface area contributed by atoms with Crippen molar-refractivity contribution in [2.24, 2.45) is 5.92 Å². The van der Waals surface area contributed by atoms with Gasteiger partial charge < -0.3 is 30.5 Å². The van der Waals surface area contributed by atoms with Gasteiger partial charge in [0.2, 0.25) is 0 Å². The van der Waals surface area contributed by atoms with Crippen molar-refractivity contribution < 1.29 is 14.6 Å². The van der Waals surface area contributed by atoms with Gasteiger partial charge in [0.1, 0.15) is 29.9 Å². The Morgan fingerprint density at radius 2 is 1.74 bits per heavy atom. The highest BCUT2D eigenvalue weighted by Crippen LogP contribution is 2.33. The number of nitrogens with two attached hydrogens (primary N) is 1. The number of nitrogens with zero attached hydrogens (tertiary/aromatic N) is 1. The number of β-amino-alcohol motifs (C(OH)–C–C–N with tert-alkyl or cyclic N) is 1. The monoisotopic (exact) mass is 535 g/mol. The van der Waals surface area contributed by atoms with Gasteiger partial charge in [0.05, 0.1) is 12.3 Å². The number of para-hydroxylation sites is 1. The van der Waals surface area contributed by atoms with Crippen LogP contribution in [0.5, 0.6) is 11.5 Å². The van der Waals surface area contributed by atoms with Gasteiger partial charge in [0.25, 0.3) is 0 Å². The van der Waals surface area contributed by atoms with E-state index in [9.17, 15) is 5.11 Å².